The lowest BCUT2D eigenvalue weighted by atomic mass is 10.1. The molecule has 0 radical (unpaired) electrons. The van der Waals surface area contributed by atoms with Crippen molar-refractivity contribution in [3.05, 3.63) is 101 Å². The second-order valence-corrected chi connectivity index (χ2v) is 7.37. The van der Waals surface area contributed by atoms with Crippen molar-refractivity contribution in [1.29, 1.82) is 0 Å². The smallest absolute Gasteiger partial charge is 0.227 e. The van der Waals surface area contributed by atoms with Crippen molar-refractivity contribution < 1.29 is 9.50 Å². The zero-order valence-electron chi connectivity index (χ0n) is 15.0. The maximum Gasteiger partial charge on any atom is 0.227 e. The number of benzene rings is 2. The Labute approximate surface area is 166 Å². The topological polar surface area (TPSA) is 49.3 Å². The van der Waals surface area contributed by atoms with Gasteiger partial charge in [-0.3, -0.25) is 4.90 Å². The van der Waals surface area contributed by atoms with Gasteiger partial charge in [-0.15, -0.1) is 0 Å². The van der Waals surface area contributed by atoms with Gasteiger partial charge in [-0.25, -0.2) is 9.37 Å². The average Bonchev–Trinajstić information content (AvgIpc) is 3.09. The van der Waals surface area contributed by atoms with Crippen LogP contribution in [0.4, 0.5) is 15.3 Å². The lowest BCUT2D eigenvalue weighted by Gasteiger charge is -2.20. The minimum atomic E-state index is -0.276. The highest BCUT2D eigenvalue weighted by Gasteiger charge is 2.19. The quantitative estimate of drug-likeness (QED) is 0.484. The van der Waals surface area contributed by atoms with Crippen molar-refractivity contribution in [3.63, 3.8) is 0 Å². The molecular weight excluding hydrogens is 373 g/mol. The van der Waals surface area contributed by atoms with Gasteiger partial charge >= 0.3 is 0 Å². The first kappa shape index (κ1) is 18.1. The molecule has 0 unspecified atom stereocenters. The molecule has 0 spiro atoms. The molecule has 0 saturated carbocycles. The number of halogens is 1. The molecule has 0 fully saturated rings. The summed E-state index contributed by atoms with van der Waals surface area (Å²) in [4.78, 5) is 11.5. The van der Waals surface area contributed by atoms with E-state index in [-0.39, 0.29) is 11.7 Å². The molecule has 1 N–H and O–H groups in total. The number of hydrogen-bond acceptors (Lipinski definition) is 5. The van der Waals surface area contributed by atoms with Gasteiger partial charge in [-0.05, 0) is 35.4 Å². The van der Waals surface area contributed by atoms with Crippen LogP contribution in [0.3, 0.4) is 0 Å². The maximum atomic E-state index is 13.1. The number of rotatable bonds is 6. The first-order chi connectivity index (χ1) is 13.7. The van der Waals surface area contributed by atoms with Gasteiger partial charge in [0.1, 0.15) is 11.6 Å². The van der Waals surface area contributed by atoms with Gasteiger partial charge in [0.2, 0.25) is 5.88 Å². The largest absolute Gasteiger partial charge is 0.492 e. The van der Waals surface area contributed by atoms with Gasteiger partial charge in [0.15, 0.2) is 5.13 Å². The number of anilines is 2. The van der Waals surface area contributed by atoms with Crippen molar-refractivity contribution >= 4 is 22.3 Å². The van der Waals surface area contributed by atoms with Gasteiger partial charge in [-0.1, -0.05) is 59.9 Å². The van der Waals surface area contributed by atoms with Crippen LogP contribution in [0.2, 0.25) is 0 Å². The first-order valence-electron chi connectivity index (χ1n) is 8.84. The standard InChI is InChI=1S/C22H18FN3OS/c23-18-11-9-16(10-12-18)14-19-21(27)25-22(28-19)26(20-8-4-5-13-24-20)15-17-6-2-1-3-7-17/h1-13,27H,14-15H2. The second-order valence-electron chi connectivity index (χ2n) is 6.31. The molecule has 0 aliphatic carbocycles. The predicted octanol–water partition coefficient (Wildman–Crippen LogP) is 5.31. The van der Waals surface area contributed by atoms with Gasteiger partial charge in [0.05, 0.1) is 11.4 Å². The van der Waals surface area contributed by atoms with Gasteiger partial charge in [-0.2, -0.15) is 4.98 Å². The predicted molar refractivity (Wildman–Crippen MR) is 110 cm³/mol. The third kappa shape index (κ3) is 4.18. The Kier molecular flexibility index (Phi) is 5.30. The van der Waals surface area contributed by atoms with E-state index in [9.17, 15) is 9.50 Å². The molecule has 0 aliphatic rings. The highest BCUT2D eigenvalue weighted by atomic mass is 32.1. The summed E-state index contributed by atoms with van der Waals surface area (Å²) in [6, 6.07) is 22.0. The Bertz CT molecular complexity index is 1040. The van der Waals surface area contributed by atoms with E-state index in [0.717, 1.165) is 21.8 Å². The summed E-state index contributed by atoms with van der Waals surface area (Å²) in [5.74, 6) is 0.480. The molecule has 6 heteroatoms. The van der Waals surface area contributed by atoms with E-state index in [2.05, 4.69) is 9.97 Å². The minimum absolute atomic E-state index is 0.00156. The monoisotopic (exact) mass is 391 g/mol. The highest BCUT2D eigenvalue weighted by molar-refractivity contribution is 7.16. The molecule has 0 aliphatic heterocycles. The van der Waals surface area contributed by atoms with Crippen molar-refractivity contribution in [1.82, 2.24) is 9.97 Å². The van der Waals surface area contributed by atoms with Crippen molar-refractivity contribution in [2.24, 2.45) is 0 Å². The van der Waals surface area contributed by atoms with Crippen LogP contribution in [0.1, 0.15) is 16.0 Å². The summed E-state index contributed by atoms with van der Waals surface area (Å²) in [6.45, 7) is 0.584. The van der Waals surface area contributed by atoms with E-state index in [1.54, 1.807) is 18.3 Å². The second kappa shape index (κ2) is 8.19. The SMILES string of the molecule is Oc1nc(N(Cc2ccccc2)c2ccccn2)sc1Cc1ccc(F)cc1. The van der Waals surface area contributed by atoms with Gasteiger partial charge in [0, 0.05) is 12.6 Å². The Morgan fingerprint density at radius 3 is 2.36 bits per heavy atom. The number of hydrogen-bond donors (Lipinski definition) is 1. The van der Waals surface area contributed by atoms with E-state index in [1.165, 1.54) is 23.5 Å². The third-order valence-electron chi connectivity index (χ3n) is 4.28. The number of thiazole rings is 1. The first-order valence-corrected chi connectivity index (χ1v) is 9.66. The molecule has 0 saturated heterocycles. The summed E-state index contributed by atoms with van der Waals surface area (Å²) >= 11 is 1.41. The van der Waals surface area contributed by atoms with E-state index in [0.29, 0.717) is 18.1 Å². The Morgan fingerprint density at radius 1 is 0.893 bits per heavy atom. The Hall–Kier alpha value is -3.25. The van der Waals surface area contributed by atoms with Crippen LogP contribution < -0.4 is 4.90 Å². The molecule has 2 heterocycles. The molecule has 4 aromatic rings. The van der Waals surface area contributed by atoms with Crippen LogP contribution in [-0.2, 0) is 13.0 Å². The average molecular weight is 391 g/mol. The molecular formula is C22H18FN3OS. The van der Waals surface area contributed by atoms with Crippen LogP contribution in [-0.4, -0.2) is 15.1 Å². The molecule has 28 heavy (non-hydrogen) atoms. The fourth-order valence-electron chi connectivity index (χ4n) is 2.88. The summed E-state index contributed by atoms with van der Waals surface area (Å²) in [6.07, 6.45) is 2.23. The lowest BCUT2D eigenvalue weighted by molar-refractivity contribution is 0.452. The molecule has 2 aromatic heterocycles. The summed E-state index contributed by atoms with van der Waals surface area (Å²) in [7, 11) is 0. The molecule has 140 valence electrons. The van der Waals surface area contributed by atoms with Gasteiger partial charge in [0.25, 0.3) is 0 Å². The van der Waals surface area contributed by atoms with E-state index in [4.69, 9.17) is 0 Å². The highest BCUT2D eigenvalue weighted by Crippen LogP contribution is 2.36. The molecule has 2 aromatic carbocycles. The number of nitrogens with zero attached hydrogens (tertiary/aromatic N) is 3. The molecule has 0 bridgehead atoms. The fraction of sp³-hybridized carbons (Fsp3) is 0.0909. The summed E-state index contributed by atoms with van der Waals surface area (Å²) in [5.41, 5.74) is 2.03. The van der Waals surface area contributed by atoms with Gasteiger partial charge < -0.3 is 5.11 Å². The number of pyridine rings is 1. The molecule has 0 atom stereocenters. The summed E-state index contributed by atoms with van der Waals surface area (Å²) in [5, 5.41) is 11.1. The van der Waals surface area contributed by atoms with Crippen molar-refractivity contribution in [2.45, 2.75) is 13.0 Å². The van der Waals surface area contributed by atoms with Crippen molar-refractivity contribution in [2.75, 3.05) is 4.90 Å². The zero-order valence-corrected chi connectivity index (χ0v) is 15.8. The number of aromatic nitrogens is 2. The lowest BCUT2D eigenvalue weighted by Crippen LogP contribution is -2.17. The van der Waals surface area contributed by atoms with Crippen LogP contribution in [0.15, 0.2) is 79.0 Å². The van der Waals surface area contributed by atoms with Crippen molar-refractivity contribution in [3.8, 4) is 5.88 Å². The Morgan fingerprint density at radius 2 is 1.64 bits per heavy atom. The van der Waals surface area contributed by atoms with E-state index >= 15 is 0 Å². The number of aromatic hydroxyl groups is 1. The Balaban J connectivity index is 1.65. The zero-order chi connectivity index (χ0) is 19.3. The summed E-state index contributed by atoms with van der Waals surface area (Å²) < 4.78 is 13.1. The molecule has 0 amide bonds. The normalized spacial score (nSPS) is 10.8. The van der Waals surface area contributed by atoms with Crippen LogP contribution >= 0.6 is 11.3 Å². The van der Waals surface area contributed by atoms with E-state index in [1.807, 2.05) is 53.4 Å². The molecule has 4 rings (SSSR count). The van der Waals surface area contributed by atoms with Crippen LogP contribution in [0.5, 0.6) is 5.88 Å². The maximum absolute atomic E-state index is 13.1. The molecule has 4 nitrogen and oxygen atoms in total. The van der Waals surface area contributed by atoms with E-state index < -0.39 is 0 Å². The van der Waals surface area contributed by atoms with Crippen LogP contribution in [0.25, 0.3) is 0 Å². The fourth-order valence-corrected chi connectivity index (χ4v) is 3.87. The minimum Gasteiger partial charge on any atom is -0.492 e. The third-order valence-corrected chi connectivity index (χ3v) is 5.35. The van der Waals surface area contributed by atoms with Crippen LogP contribution in [0, 0.1) is 5.82 Å².